The van der Waals surface area contributed by atoms with Crippen LogP contribution in [0.4, 0.5) is 5.69 Å². The van der Waals surface area contributed by atoms with E-state index < -0.39 is 0 Å². The Kier molecular flexibility index (Phi) is 3.15. The van der Waals surface area contributed by atoms with Gasteiger partial charge in [0.25, 0.3) is 0 Å². The third-order valence-corrected chi connectivity index (χ3v) is 5.28. The molecule has 0 atom stereocenters. The third-order valence-electron chi connectivity index (χ3n) is 4.21. The minimum absolute atomic E-state index is 1.10. The predicted molar refractivity (Wildman–Crippen MR) is 91.2 cm³/mol. The fourth-order valence-electron chi connectivity index (χ4n) is 3.05. The monoisotopic (exact) mass is 294 g/mol. The highest BCUT2D eigenvalue weighted by molar-refractivity contribution is 7.21. The maximum atomic E-state index is 4.78. The average molecular weight is 294 g/mol. The van der Waals surface area contributed by atoms with Gasteiger partial charge in [0.05, 0.1) is 10.2 Å². The van der Waals surface area contributed by atoms with Crippen molar-refractivity contribution in [3.05, 3.63) is 48.0 Å². The largest absolute Gasteiger partial charge is 0.372 e. The number of para-hydroxylation sites is 1. The molecule has 0 aliphatic carbocycles. The maximum Gasteiger partial charge on any atom is 0.124 e. The lowest BCUT2D eigenvalue weighted by atomic mass is 10.1. The standard InChI is InChI=1S/C18H18N2S/c1-13-12-14(20-10-4-5-11-20)8-9-15(13)18-19-16-6-2-3-7-17(16)21-18/h2-3,6-9,12H,4-5,10-11H2,1H3. The molecule has 0 N–H and O–H groups in total. The zero-order chi connectivity index (χ0) is 14.2. The second-order valence-electron chi connectivity index (χ2n) is 5.68. The Morgan fingerprint density at radius 1 is 1.05 bits per heavy atom. The zero-order valence-electron chi connectivity index (χ0n) is 12.2. The van der Waals surface area contributed by atoms with E-state index in [4.69, 9.17) is 4.98 Å². The Balaban J connectivity index is 1.74. The first-order valence-electron chi connectivity index (χ1n) is 7.53. The second kappa shape index (κ2) is 5.15. The SMILES string of the molecule is Cc1cc(N2CCCC2)ccc1-c1nc2ccccc2s1. The Morgan fingerprint density at radius 2 is 1.86 bits per heavy atom. The van der Waals surface area contributed by atoms with E-state index in [9.17, 15) is 0 Å². The zero-order valence-corrected chi connectivity index (χ0v) is 13.0. The summed E-state index contributed by atoms with van der Waals surface area (Å²) in [4.78, 5) is 7.26. The van der Waals surface area contributed by atoms with Crippen molar-refractivity contribution in [1.82, 2.24) is 4.98 Å². The maximum absolute atomic E-state index is 4.78. The van der Waals surface area contributed by atoms with E-state index in [0.29, 0.717) is 0 Å². The van der Waals surface area contributed by atoms with Gasteiger partial charge in [0.1, 0.15) is 5.01 Å². The molecule has 106 valence electrons. The van der Waals surface area contributed by atoms with Crippen LogP contribution in [-0.2, 0) is 0 Å². The molecule has 1 aromatic heterocycles. The molecule has 2 nitrogen and oxygen atoms in total. The summed E-state index contributed by atoms with van der Waals surface area (Å²) in [6.45, 7) is 4.58. The minimum atomic E-state index is 1.10. The molecule has 1 fully saturated rings. The van der Waals surface area contributed by atoms with Crippen molar-refractivity contribution >= 4 is 27.2 Å². The summed E-state index contributed by atoms with van der Waals surface area (Å²) in [6.07, 6.45) is 2.64. The molecule has 1 saturated heterocycles. The molecule has 2 aromatic carbocycles. The van der Waals surface area contributed by atoms with E-state index >= 15 is 0 Å². The molecule has 0 saturated carbocycles. The van der Waals surface area contributed by atoms with Gasteiger partial charge < -0.3 is 4.90 Å². The molecule has 0 bridgehead atoms. The number of benzene rings is 2. The van der Waals surface area contributed by atoms with Crippen LogP contribution in [0.2, 0.25) is 0 Å². The number of anilines is 1. The van der Waals surface area contributed by atoms with Crippen LogP contribution in [0.1, 0.15) is 18.4 Å². The van der Waals surface area contributed by atoms with E-state index in [1.165, 1.54) is 47.4 Å². The van der Waals surface area contributed by atoms with Gasteiger partial charge in [0.15, 0.2) is 0 Å². The van der Waals surface area contributed by atoms with Crippen molar-refractivity contribution in [3.63, 3.8) is 0 Å². The van der Waals surface area contributed by atoms with Crippen LogP contribution in [-0.4, -0.2) is 18.1 Å². The molecule has 1 aliphatic rings. The van der Waals surface area contributed by atoms with Crippen molar-refractivity contribution in [1.29, 1.82) is 0 Å². The summed E-state index contributed by atoms with van der Waals surface area (Å²) in [7, 11) is 0. The molecule has 3 aromatic rings. The van der Waals surface area contributed by atoms with Crippen molar-refractivity contribution in [2.75, 3.05) is 18.0 Å². The van der Waals surface area contributed by atoms with Gasteiger partial charge in [-0.1, -0.05) is 12.1 Å². The van der Waals surface area contributed by atoms with Crippen LogP contribution in [0.3, 0.4) is 0 Å². The van der Waals surface area contributed by atoms with Crippen LogP contribution in [0.15, 0.2) is 42.5 Å². The Labute approximate surface area is 129 Å². The molecule has 3 heteroatoms. The second-order valence-corrected chi connectivity index (χ2v) is 6.71. The summed E-state index contributed by atoms with van der Waals surface area (Å²) in [5.41, 5.74) is 5.04. The van der Waals surface area contributed by atoms with Crippen LogP contribution in [0, 0.1) is 6.92 Å². The van der Waals surface area contributed by atoms with Crippen LogP contribution < -0.4 is 4.90 Å². The molecule has 4 rings (SSSR count). The summed E-state index contributed by atoms with van der Waals surface area (Å²) in [5.74, 6) is 0. The lowest BCUT2D eigenvalue weighted by Gasteiger charge is -2.18. The Bertz CT molecular complexity index is 752. The molecule has 2 heterocycles. The van der Waals surface area contributed by atoms with Gasteiger partial charge >= 0.3 is 0 Å². The van der Waals surface area contributed by atoms with Gasteiger partial charge in [-0.15, -0.1) is 11.3 Å². The normalized spacial score (nSPS) is 15.0. The molecule has 0 spiro atoms. The highest BCUT2D eigenvalue weighted by Gasteiger charge is 2.14. The summed E-state index contributed by atoms with van der Waals surface area (Å²) in [5, 5.41) is 1.13. The first kappa shape index (κ1) is 12.8. The number of nitrogens with zero attached hydrogens (tertiary/aromatic N) is 2. The van der Waals surface area contributed by atoms with Gasteiger partial charge in [0, 0.05) is 24.3 Å². The van der Waals surface area contributed by atoms with Crippen molar-refractivity contribution in [2.24, 2.45) is 0 Å². The number of hydrogen-bond donors (Lipinski definition) is 0. The fraction of sp³-hybridized carbons (Fsp3) is 0.278. The molecule has 0 amide bonds. The summed E-state index contributed by atoms with van der Waals surface area (Å²) >= 11 is 1.78. The van der Waals surface area contributed by atoms with Crippen LogP contribution in [0.5, 0.6) is 0 Å². The summed E-state index contributed by atoms with van der Waals surface area (Å²) < 4.78 is 1.26. The molecule has 0 radical (unpaired) electrons. The molecule has 21 heavy (non-hydrogen) atoms. The van der Waals surface area contributed by atoms with Crippen molar-refractivity contribution in [3.8, 4) is 10.6 Å². The van der Waals surface area contributed by atoms with Gasteiger partial charge in [-0.25, -0.2) is 4.98 Å². The Morgan fingerprint density at radius 3 is 2.62 bits per heavy atom. The molecule has 0 unspecified atom stereocenters. The van der Waals surface area contributed by atoms with Crippen molar-refractivity contribution < 1.29 is 0 Å². The van der Waals surface area contributed by atoms with Crippen LogP contribution in [0.25, 0.3) is 20.8 Å². The third kappa shape index (κ3) is 2.32. The fourth-order valence-corrected chi connectivity index (χ4v) is 4.10. The number of thiazole rings is 1. The summed E-state index contributed by atoms with van der Waals surface area (Å²) in [6, 6.07) is 15.2. The van der Waals surface area contributed by atoms with Gasteiger partial charge in [-0.2, -0.15) is 0 Å². The van der Waals surface area contributed by atoms with Gasteiger partial charge in [0.2, 0.25) is 0 Å². The van der Waals surface area contributed by atoms with E-state index in [2.05, 4.69) is 54.3 Å². The number of rotatable bonds is 2. The predicted octanol–water partition coefficient (Wildman–Crippen LogP) is 4.87. The number of aromatic nitrogens is 1. The lowest BCUT2D eigenvalue weighted by molar-refractivity contribution is 0.949. The van der Waals surface area contributed by atoms with Gasteiger partial charge in [-0.05, 0) is 55.7 Å². The van der Waals surface area contributed by atoms with E-state index in [1.807, 2.05) is 0 Å². The van der Waals surface area contributed by atoms with Gasteiger partial charge in [-0.3, -0.25) is 0 Å². The first-order valence-corrected chi connectivity index (χ1v) is 8.34. The van der Waals surface area contributed by atoms with Crippen molar-refractivity contribution in [2.45, 2.75) is 19.8 Å². The molecular weight excluding hydrogens is 276 g/mol. The topological polar surface area (TPSA) is 16.1 Å². The number of fused-ring (bicyclic) bond motifs is 1. The lowest BCUT2D eigenvalue weighted by Crippen LogP contribution is -2.17. The van der Waals surface area contributed by atoms with E-state index in [1.54, 1.807) is 11.3 Å². The smallest absolute Gasteiger partial charge is 0.124 e. The molecule has 1 aliphatic heterocycles. The average Bonchev–Trinajstić information content (AvgIpc) is 3.16. The van der Waals surface area contributed by atoms with E-state index in [-0.39, 0.29) is 0 Å². The quantitative estimate of drug-likeness (QED) is 0.670. The minimum Gasteiger partial charge on any atom is -0.372 e. The molecular formula is C18H18N2S. The Hall–Kier alpha value is -1.87. The highest BCUT2D eigenvalue weighted by atomic mass is 32.1. The van der Waals surface area contributed by atoms with Crippen LogP contribution >= 0.6 is 11.3 Å². The number of hydrogen-bond acceptors (Lipinski definition) is 3. The highest BCUT2D eigenvalue weighted by Crippen LogP contribution is 2.34. The number of aryl methyl sites for hydroxylation is 1. The van der Waals surface area contributed by atoms with E-state index in [0.717, 1.165) is 10.5 Å². The first-order chi connectivity index (χ1) is 10.3.